The zero-order valence-corrected chi connectivity index (χ0v) is 7.39. The van der Waals surface area contributed by atoms with E-state index < -0.39 is 0 Å². The lowest BCUT2D eigenvalue weighted by molar-refractivity contribution is 0.185. The minimum Gasteiger partial charge on any atom is -0.373 e. The third kappa shape index (κ3) is 7.30. The summed E-state index contributed by atoms with van der Waals surface area (Å²) in [6.07, 6.45) is 3.95. The highest BCUT2D eigenvalue weighted by Gasteiger charge is 1.89. The van der Waals surface area contributed by atoms with E-state index in [0.717, 1.165) is 12.1 Å². The fourth-order valence-electron chi connectivity index (χ4n) is 0.669. The molecule has 64 valence electrons. The van der Waals surface area contributed by atoms with Gasteiger partial charge in [0.1, 0.15) is 0 Å². The Hall–Kier alpha value is -0.600. The second-order valence-corrected chi connectivity index (χ2v) is 2.36. The van der Waals surface area contributed by atoms with Gasteiger partial charge < -0.3 is 10.1 Å². The summed E-state index contributed by atoms with van der Waals surface area (Å²) in [5, 5.41) is 3.01. The van der Waals surface area contributed by atoms with Crippen LogP contribution in [-0.4, -0.2) is 26.8 Å². The molecule has 0 aliphatic carbocycles. The lowest BCUT2D eigenvalue weighted by Crippen LogP contribution is -2.13. The molecular weight excluding hydrogens is 138 g/mol. The zero-order valence-electron chi connectivity index (χ0n) is 7.39. The van der Waals surface area contributed by atoms with Crippen LogP contribution in [0, 0.1) is 0 Å². The van der Waals surface area contributed by atoms with Crippen LogP contribution in [0.5, 0.6) is 0 Å². The van der Waals surface area contributed by atoms with Crippen molar-refractivity contribution in [3.8, 4) is 0 Å². The molecule has 2 heteroatoms. The van der Waals surface area contributed by atoms with Crippen LogP contribution in [0.4, 0.5) is 0 Å². The molecular formula is C9H17NO. The van der Waals surface area contributed by atoms with Crippen LogP contribution < -0.4 is 5.32 Å². The molecule has 2 nitrogen and oxygen atoms in total. The number of hydrogen-bond acceptors (Lipinski definition) is 2. The van der Waals surface area contributed by atoms with Crippen molar-refractivity contribution in [2.45, 2.75) is 6.92 Å². The number of allylic oxidation sites excluding steroid dienone is 1. The van der Waals surface area contributed by atoms with Crippen molar-refractivity contribution >= 4 is 0 Å². The first-order valence-corrected chi connectivity index (χ1v) is 3.81. The molecule has 0 saturated heterocycles. The van der Waals surface area contributed by atoms with Crippen molar-refractivity contribution in [1.82, 2.24) is 5.32 Å². The maximum atomic E-state index is 5.26. The first-order valence-electron chi connectivity index (χ1n) is 3.81. The molecule has 0 aromatic rings. The Balaban J connectivity index is 3.17. The van der Waals surface area contributed by atoms with E-state index in [9.17, 15) is 0 Å². The van der Waals surface area contributed by atoms with E-state index in [1.807, 2.05) is 26.1 Å². The monoisotopic (exact) mass is 155 g/mol. The molecule has 1 N–H and O–H groups in total. The fourth-order valence-corrected chi connectivity index (χ4v) is 0.669. The summed E-state index contributed by atoms with van der Waals surface area (Å²) >= 11 is 0. The summed E-state index contributed by atoms with van der Waals surface area (Å²) in [5.41, 5.74) is 1.08. The molecule has 11 heavy (non-hydrogen) atoms. The average Bonchev–Trinajstić information content (AvgIpc) is 1.99. The molecule has 0 fully saturated rings. The second kappa shape index (κ2) is 7.51. The largest absolute Gasteiger partial charge is 0.373 e. The Bertz CT molecular complexity index is 130. The Morgan fingerprint density at radius 1 is 1.64 bits per heavy atom. The molecule has 0 aliphatic rings. The Morgan fingerprint density at radius 3 is 2.91 bits per heavy atom. The van der Waals surface area contributed by atoms with Crippen molar-refractivity contribution in [1.29, 1.82) is 0 Å². The van der Waals surface area contributed by atoms with E-state index in [1.54, 1.807) is 0 Å². The normalized spacial score (nSPS) is 10.7. The SMILES string of the molecule is C=C(CNC)COC/C=C/C. The molecule has 0 bridgehead atoms. The van der Waals surface area contributed by atoms with E-state index in [1.165, 1.54) is 0 Å². The van der Waals surface area contributed by atoms with E-state index in [-0.39, 0.29) is 0 Å². The lowest BCUT2D eigenvalue weighted by Gasteiger charge is -2.03. The Labute approximate surface area is 68.9 Å². The van der Waals surface area contributed by atoms with Gasteiger partial charge in [-0.2, -0.15) is 0 Å². The molecule has 0 heterocycles. The summed E-state index contributed by atoms with van der Waals surface area (Å²) in [4.78, 5) is 0. The Kier molecular flexibility index (Phi) is 7.10. The van der Waals surface area contributed by atoms with Gasteiger partial charge in [0.05, 0.1) is 13.2 Å². The molecule has 0 aliphatic heterocycles. The van der Waals surface area contributed by atoms with Gasteiger partial charge in [0.15, 0.2) is 0 Å². The van der Waals surface area contributed by atoms with Crippen LogP contribution in [0.15, 0.2) is 24.3 Å². The predicted molar refractivity (Wildman–Crippen MR) is 48.7 cm³/mol. The summed E-state index contributed by atoms with van der Waals surface area (Å²) in [7, 11) is 1.90. The number of hydrogen-bond donors (Lipinski definition) is 1. The van der Waals surface area contributed by atoms with Crippen LogP contribution in [0.1, 0.15) is 6.92 Å². The van der Waals surface area contributed by atoms with Crippen molar-refractivity contribution in [2.75, 3.05) is 26.8 Å². The van der Waals surface area contributed by atoms with Gasteiger partial charge in [-0.3, -0.25) is 0 Å². The van der Waals surface area contributed by atoms with Gasteiger partial charge in [-0.05, 0) is 19.5 Å². The predicted octanol–water partition coefficient (Wildman–Crippen LogP) is 1.35. The van der Waals surface area contributed by atoms with E-state index in [4.69, 9.17) is 4.74 Å². The van der Waals surface area contributed by atoms with Crippen LogP contribution in [0.25, 0.3) is 0 Å². The first-order chi connectivity index (χ1) is 5.31. The second-order valence-electron chi connectivity index (χ2n) is 2.36. The molecule has 0 radical (unpaired) electrons. The van der Waals surface area contributed by atoms with Crippen LogP contribution in [0.3, 0.4) is 0 Å². The Morgan fingerprint density at radius 2 is 2.36 bits per heavy atom. The lowest BCUT2D eigenvalue weighted by atomic mass is 10.3. The standard InChI is InChI=1S/C9H17NO/c1-4-5-6-11-8-9(2)7-10-3/h4-5,10H,2,6-8H2,1,3H3/b5-4+. The highest BCUT2D eigenvalue weighted by molar-refractivity contribution is 4.96. The quantitative estimate of drug-likeness (QED) is 0.462. The van der Waals surface area contributed by atoms with E-state index in [0.29, 0.717) is 13.2 Å². The summed E-state index contributed by atoms with van der Waals surface area (Å²) < 4.78 is 5.26. The number of nitrogens with one attached hydrogen (secondary N) is 1. The number of ether oxygens (including phenoxy) is 1. The molecule has 0 spiro atoms. The van der Waals surface area contributed by atoms with Gasteiger partial charge in [-0.25, -0.2) is 0 Å². The van der Waals surface area contributed by atoms with Crippen LogP contribution in [-0.2, 0) is 4.74 Å². The summed E-state index contributed by atoms with van der Waals surface area (Å²) in [6.45, 7) is 7.96. The van der Waals surface area contributed by atoms with E-state index in [2.05, 4.69) is 11.9 Å². The molecule has 0 rings (SSSR count). The van der Waals surface area contributed by atoms with Gasteiger partial charge >= 0.3 is 0 Å². The van der Waals surface area contributed by atoms with Crippen molar-refractivity contribution in [3.63, 3.8) is 0 Å². The number of rotatable bonds is 6. The highest BCUT2D eigenvalue weighted by atomic mass is 16.5. The van der Waals surface area contributed by atoms with Crippen LogP contribution in [0.2, 0.25) is 0 Å². The van der Waals surface area contributed by atoms with Crippen molar-refractivity contribution in [2.24, 2.45) is 0 Å². The molecule has 0 aromatic heterocycles. The smallest absolute Gasteiger partial charge is 0.0690 e. The van der Waals surface area contributed by atoms with Crippen molar-refractivity contribution in [3.05, 3.63) is 24.3 Å². The highest BCUT2D eigenvalue weighted by Crippen LogP contribution is 1.88. The van der Waals surface area contributed by atoms with Gasteiger partial charge in [-0.15, -0.1) is 0 Å². The maximum absolute atomic E-state index is 5.26. The third-order valence-electron chi connectivity index (χ3n) is 1.18. The average molecular weight is 155 g/mol. The number of likely N-dealkylation sites (N-methyl/N-ethyl adjacent to an activating group) is 1. The summed E-state index contributed by atoms with van der Waals surface area (Å²) in [6, 6.07) is 0. The molecule has 0 saturated carbocycles. The van der Waals surface area contributed by atoms with Gasteiger partial charge in [0, 0.05) is 6.54 Å². The molecule has 0 aromatic carbocycles. The van der Waals surface area contributed by atoms with Gasteiger partial charge in [0.25, 0.3) is 0 Å². The third-order valence-corrected chi connectivity index (χ3v) is 1.18. The van der Waals surface area contributed by atoms with Gasteiger partial charge in [-0.1, -0.05) is 18.7 Å². The fraction of sp³-hybridized carbons (Fsp3) is 0.556. The molecule has 0 unspecified atom stereocenters. The van der Waals surface area contributed by atoms with Gasteiger partial charge in [0.2, 0.25) is 0 Å². The molecule has 0 amide bonds. The van der Waals surface area contributed by atoms with Crippen LogP contribution >= 0.6 is 0 Å². The topological polar surface area (TPSA) is 21.3 Å². The minimum absolute atomic E-state index is 0.644. The van der Waals surface area contributed by atoms with E-state index >= 15 is 0 Å². The maximum Gasteiger partial charge on any atom is 0.0690 e. The summed E-state index contributed by atoms with van der Waals surface area (Å²) in [5.74, 6) is 0. The minimum atomic E-state index is 0.644. The van der Waals surface area contributed by atoms with Crippen molar-refractivity contribution < 1.29 is 4.74 Å². The zero-order chi connectivity index (χ0) is 8.53. The molecule has 0 atom stereocenters. The first kappa shape index (κ1) is 10.4.